The quantitative estimate of drug-likeness (QED) is 0.773. The summed E-state index contributed by atoms with van der Waals surface area (Å²) in [7, 11) is 3.57. The van der Waals surface area contributed by atoms with Gasteiger partial charge in [0.2, 0.25) is 0 Å². The van der Waals surface area contributed by atoms with Crippen LogP contribution in [0.15, 0.2) is 23.1 Å². The third-order valence-electron chi connectivity index (χ3n) is 3.23. The Bertz CT molecular complexity index is 481. The van der Waals surface area contributed by atoms with Crippen molar-refractivity contribution in [2.24, 2.45) is 7.05 Å². The number of rotatable bonds is 2. The van der Waals surface area contributed by atoms with Crippen LogP contribution in [-0.4, -0.2) is 41.6 Å². The molecule has 1 aliphatic rings. The van der Waals surface area contributed by atoms with Gasteiger partial charge in [0.05, 0.1) is 0 Å². The number of nitrogens with zero attached hydrogens (tertiary/aromatic N) is 2. The van der Waals surface area contributed by atoms with Crippen molar-refractivity contribution in [2.45, 2.75) is 12.5 Å². The van der Waals surface area contributed by atoms with Gasteiger partial charge in [0.15, 0.2) is 0 Å². The van der Waals surface area contributed by atoms with Crippen molar-refractivity contribution >= 4 is 5.91 Å². The van der Waals surface area contributed by atoms with Crippen molar-refractivity contribution in [3.05, 3.63) is 34.2 Å². The first-order valence-corrected chi connectivity index (χ1v) is 5.75. The number of amides is 1. The molecule has 92 valence electrons. The van der Waals surface area contributed by atoms with E-state index in [-0.39, 0.29) is 11.5 Å². The Labute approximate surface area is 100 Å². The molecule has 1 aliphatic heterocycles. The summed E-state index contributed by atoms with van der Waals surface area (Å²) >= 11 is 0. The minimum Gasteiger partial charge on any atom is -0.337 e. The van der Waals surface area contributed by atoms with E-state index < -0.39 is 0 Å². The number of hydrogen-bond acceptors (Lipinski definition) is 3. The largest absolute Gasteiger partial charge is 0.337 e. The third-order valence-corrected chi connectivity index (χ3v) is 3.23. The number of nitrogens with one attached hydrogen (secondary N) is 1. The molecule has 1 fully saturated rings. The number of hydrogen-bond donors (Lipinski definition) is 1. The molecule has 2 heterocycles. The van der Waals surface area contributed by atoms with Crippen LogP contribution in [0.3, 0.4) is 0 Å². The maximum absolute atomic E-state index is 12.1. The van der Waals surface area contributed by atoms with Crippen LogP contribution in [0.4, 0.5) is 0 Å². The van der Waals surface area contributed by atoms with Crippen LogP contribution >= 0.6 is 0 Å². The lowest BCUT2D eigenvalue weighted by Gasteiger charge is -2.16. The molecule has 1 saturated heterocycles. The number of carbonyl (C=O) groups is 1. The smallest absolute Gasteiger partial charge is 0.254 e. The summed E-state index contributed by atoms with van der Waals surface area (Å²) in [4.78, 5) is 25.4. The minimum absolute atomic E-state index is 0.0551. The lowest BCUT2D eigenvalue weighted by molar-refractivity contribution is 0.0789. The van der Waals surface area contributed by atoms with E-state index >= 15 is 0 Å². The number of likely N-dealkylation sites (N-methyl/N-ethyl adjacent to an activating group) is 1. The van der Waals surface area contributed by atoms with E-state index in [1.165, 1.54) is 10.6 Å². The second kappa shape index (κ2) is 4.71. The van der Waals surface area contributed by atoms with Gasteiger partial charge < -0.3 is 14.8 Å². The molecule has 0 radical (unpaired) electrons. The predicted molar refractivity (Wildman–Crippen MR) is 65.1 cm³/mol. The van der Waals surface area contributed by atoms with Crippen LogP contribution in [0, 0.1) is 0 Å². The summed E-state index contributed by atoms with van der Waals surface area (Å²) in [6, 6.07) is 3.45. The molecule has 0 aromatic carbocycles. The van der Waals surface area contributed by atoms with Gasteiger partial charge in [0.1, 0.15) is 0 Å². The lowest BCUT2D eigenvalue weighted by Crippen LogP contribution is -2.34. The highest BCUT2D eigenvalue weighted by molar-refractivity contribution is 5.94. The molecule has 1 amide bonds. The fourth-order valence-corrected chi connectivity index (χ4v) is 2.04. The first-order chi connectivity index (χ1) is 8.11. The maximum atomic E-state index is 12.1. The number of aromatic nitrogens is 1. The number of aryl methyl sites for hydroxylation is 1. The molecule has 17 heavy (non-hydrogen) atoms. The standard InChI is InChI=1S/C12H17N3O2/c1-13-10-4-6-15(8-10)12(17)9-3-5-14(2)11(16)7-9/h3,5,7,10,13H,4,6,8H2,1-2H3. The average Bonchev–Trinajstić information content (AvgIpc) is 2.80. The zero-order valence-corrected chi connectivity index (χ0v) is 10.1. The molecule has 1 unspecified atom stereocenters. The van der Waals surface area contributed by atoms with Crippen LogP contribution in [-0.2, 0) is 7.05 Å². The molecule has 0 aliphatic carbocycles. The fraction of sp³-hybridized carbons (Fsp3) is 0.500. The molecule has 1 N–H and O–H groups in total. The SMILES string of the molecule is CNC1CCN(C(=O)c2ccn(C)c(=O)c2)C1. The van der Waals surface area contributed by atoms with E-state index in [9.17, 15) is 9.59 Å². The third kappa shape index (κ3) is 2.39. The number of pyridine rings is 1. The van der Waals surface area contributed by atoms with Gasteiger partial charge in [-0.25, -0.2) is 0 Å². The molecule has 2 rings (SSSR count). The van der Waals surface area contributed by atoms with Crippen molar-refractivity contribution in [3.63, 3.8) is 0 Å². The van der Waals surface area contributed by atoms with Gasteiger partial charge in [-0.2, -0.15) is 0 Å². The Morgan fingerprint density at radius 2 is 2.29 bits per heavy atom. The van der Waals surface area contributed by atoms with Gasteiger partial charge in [0, 0.05) is 44.0 Å². The summed E-state index contributed by atoms with van der Waals surface area (Å²) in [6.45, 7) is 1.46. The first-order valence-electron chi connectivity index (χ1n) is 5.75. The summed E-state index contributed by atoms with van der Waals surface area (Å²) in [5, 5.41) is 3.16. The highest BCUT2D eigenvalue weighted by atomic mass is 16.2. The molecule has 0 spiro atoms. The zero-order chi connectivity index (χ0) is 12.4. The minimum atomic E-state index is -0.153. The molecule has 1 aromatic heterocycles. The maximum Gasteiger partial charge on any atom is 0.254 e. The number of likely N-dealkylation sites (tertiary alicyclic amines) is 1. The van der Waals surface area contributed by atoms with Crippen molar-refractivity contribution in [1.82, 2.24) is 14.8 Å². The van der Waals surface area contributed by atoms with Gasteiger partial charge in [-0.1, -0.05) is 0 Å². The molecule has 5 heteroatoms. The van der Waals surface area contributed by atoms with Gasteiger partial charge >= 0.3 is 0 Å². The van der Waals surface area contributed by atoms with E-state index in [1.54, 1.807) is 24.2 Å². The Kier molecular flexibility index (Phi) is 3.28. The second-order valence-electron chi connectivity index (χ2n) is 4.39. The summed E-state index contributed by atoms with van der Waals surface area (Å²) in [6.07, 6.45) is 2.59. The average molecular weight is 235 g/mol. The van der Waals surface area contributed by atoms with Crippen molar-refractivity contribution in [1.29, 1.82) is 0 Å². The van der Waals surface area contributed by atoms with Crippen LogP contribution in [0.5, 0.6) is 0 Å². The van der Waals surface area contributed by atoms with Crippen molar-refractivity contribution in [2.75, 3.05) is 20.1 Å². The molecule has 1 atom stereocenters. The first kappa shape index (κ1) is 11.9. The van der Waals surface area contributed by atoms with E-state index in [1.807, 2.05) is 7.05 Å². The highest BCUT2D eigenvalue weighted by Gasteiger charge is 2.25. The molecular formula is C12H17N3O2. The topological polar surface area (TPSA) is 54.3 Å². The van der Waals surface area contributed by atoms with Gasteiger partial charge in [-0.05, 0) is 19.5 Å². The van der Waals surface area contributed by atoms with Crippen LogP contribution in [0.2, 0.25) is 0 Å². The molecule has 5 nitrogen and oxygen atoms in total. The highest BCUT2D eigenvalue weighted by Crippen LogP contribution is 2.12. The number of carbonyl (C=O) groups excluding carboxylic acids is 1. The Morgan fingerprint density at radius 1 is 1.53 bits per heavy atom. The zero-order valence-electron chi connectivity index (χ0n) is 10.1. The van der Waals surface area contributed by atoms with Gasteiger partial charge in [0.25, 0.3) is 11.5 Å². The summed E-state index contributed by atoms with van der Waals surface area (Å²) < 4.78 is 1.46. The van der Waals surface area contributed by atoms with E-state index in [2.05, 4.69) is 5.32 Å². The molecule has 0 saturated carbocycles. The molecule has 1 aromatic rings. The predicted octanol–water partition coefficient (Wildman–Crippen LogP) is -0.181. The van der Waals surface area contributed by atoms with E-state index in [0.717, 1.165) is 13.0 Å². The van der Waals surface area contributed by atoms with E-state index in [4.69, 9.17) is 0 Å². The monoisotopic (exact) mass is 235 g/mol. The Morgan fingerprint density at radius 3 is 2.88 bits per heavy atom. The van der Waals surface area contributed by atoms with Crippen LogP contribution < -0.4 is 10.9 Å². The van der Waals surface area contributed by atoms with Gasteiger partial charge in [-0.15, -0.1) is 0 Å². The summed E-state index contributed by atoms with van der Waals surface area (Å²) in [5.74, 6) is -0.0551. The van der Waals surface area contributed by atoms with E-state index in [0.29, 0.717) is 18.2 Å². The molecule has 0 bridgehead atoms. The molecular weight excluding hydrogens is 218 g/mol. The Hall–Kier alpha value is -1.62. The van der Waals surface area contributed by atoms with Crippen molar-refractivity contribution < 1.29 is 4.79 Å². The van der Waals surface area contributed by atoms with Crippen LogP contribution in [0.1, 0.15) is 16.8 Å². The fourth-order valence-electron chi connectivity index (χ4n) is 2.04. The normalized spacial score (nSPS) is 19.6. The lowest BCUT2D eigenvalue weighted by atomic mass is 10.2. The van der Waals surface area contributed by atoms with Gasteiger partial charge in [-0.3, -0.25) is 9.59 Å². The van der Waals surface area contributed by atoms with Crippen molar-refractivity contribution in [3.8, 4) is 0 Å². The Balaban J connectivity index is 2.15. The second-order valence-corrected chi connectivity index (χ2v) is 4.39. The van der Waals surface area contributed by atoms with Crippen LogP contribution in [0.25, 0.3) is 0 Å². The summed E-state index contributed by atoms with van der Waals surface area (Å²) in [5.41, 5.74) is 0.324.